The first kappa shape index (κ1) is 10.9. The molecule has 4 heteroatoms. The van der Waals surface area contributed by atoms with E-state index < -0.39 is 5.82 Å². The second-order valence-corrected chi connectivity index (χ2v) is 3.81. The lowest BCUT2D eigenvalue weighted by molar-refractivity contribution is 0.166. The van der Waals surface area contributed by atoms with E-state index in [1.807, 2.05) is 6.07 Å². The minimum atomic E-state index is -0.524. The Balaban J connectivity index is 2.14. The van der Waals surface area contributed by atoms with Crippen LogP contribution in [0.5, 0.6) is 5.75 Å². The number of benzene rings is 1. The highest BCUT2D eigenvalue weighted by atomic mass is 19.1. The van der Waals surface area contributed by atoms with Gasteiger partial charge in [0.1, 0.15) is 29.3 Å². The van der Waals surface area contributed by atoms with Crippen LogP contribution in [-0.2, 0) is 0 Å². The first-order valence-electron chi connectivity index (χ1n) is 5.37. The molecule has 1 aliphatic rings. The summed E-state index contributed by atoms with van der Waals surface area (Å²) < 4.78 is 18.9. The normalized spacial score (nSPS) is 20.1. The number of piperidine rings is 1. The summed E-state index contributed by atoms with van der Waals surface area (Å²) in [6.45, 7) is 1.75. The Morgan fingerprint density at radius 2 is 2.38 bits per heavy atom. The number of halogens is 1. The fourth-order valence-corrected chi connectivity index (χ4v) is 1.81. The Labute approximate surface area is 93.8 Å². The van der Waals surface area contributed by atoms with Crippen LogP contribution in [0, 0.1) is 17.1 Å². The van der Waals surface area contributed by atoms with Gasteiger partial charge in [-0.1, -0.05) is 6.07 Å². The van der Waals surface area contributed by atoms with Crippen molar-refractivity contribution in [3.63, 3.8) is 0 Å². The molecule has 1 atom stereocenters. The summed E-state index contributed by atoms with van der Waals surface area (Å²) in [6, 6.07) is 6.29. The zero-order valence-corrected chi connectivity index (χ0v) is 8.87. The van der Waals surface area contributed by atoms with E-state index in [2.05, 4.69) is 5.32 Å². The fourth-order valence-electron chi connectivity index (χ4n) is 1.81. The van der Waals surface area contributed by atoms with E-state index in [1.54, 1.807) is 12.1 Å². The summed E-state index contributed by atoms with van der Waals surface area (Å²) in [4.78, 5) is 0. The maximum absolute atomic E-state index is 13.3. The molecule has 0 bridgehead atoms. The number of hydrogen-bond donors (Lipinski definition) is 1. The average molecular weight is 220 g/mol. The molecule has 1 N–H and O–H groups in total. The molecule has 1 saturated heterocycles. The van der Waals surface area contributed by atoms with Gasteiger partial charge in [-0.25, -0.2) is 4.39 Å². The van der Waals surface area contributed by atoms with E-state index in [1.165, 1.54) is 6.07 Å². The molecule has 16 heavy (non-hydrogen) atoms. The van der Waals surface area contributed by atoms with Crippen molar-refractivity contribution in [3.8, 4) is 11.8 Å². The van der Waals surface area contributed by atoms with Crippen molar-refractivity contribution in [3.05, 3.63) is 29.6 Å². The molecule has 1 fully saturated rings. The van der Waals surface area contributed by atoms with Gasteiger partial charge in [0.05, 0.1) is 0 Å². The Morgan fingerprint density at radius 1 is 1.50 bits per heavy atom. The first-order chi connectivity index (χ1) is 7.81. The zero-order chi connectivity index (χ0) is 11.4. The summed E-state index contributed by atoms with van der Waals surface area (Å²) in [6.07, 6.45) is 2.01. The summed E-state index contributed by atoms with van der Waals surface area (Å²) >= 11 is 0. The zero-order valence-electron chi connectivity index (χ0n) is 8.87. The highest BCUT2D eigenvalue weighted by molar-refractivity contribution is 5.43. The highest BCUT2D eigenvalue weighted by Gasteiger charge is 2.17. The predicted molar refractivity (Wildman–Crippen MR) is 57.6 cm³/mol. The SMILES string of the molecule is N#Cc1c(F)cccc1OC1CCCNC1. The van der Waals surface area contributed by atoms with Gasteiger partial charge in [0.15, 0.2) is 0 Å². The first-order valence-corrected chi connectivity index (χ1v) is 5.37. The fraction of sp³-hybridized carbons (Fsp3) is 0.417. The van der Waals surface area contributed by atoms with Crippen molar-refractivity contribution < 1.29 is 9.13 Å². The molecule has 84 valence electrons. The molecular formula is C12H13FN2O. The van der Waals surface area contributed by atoms with Gasteiger partial charge < -0.3 is 10.1 Å². The molecule has 0 aromatic heterocycles. The van der Waals surface area contributed by atoms with Crippen molar-refractivity contribution in [2.45, 2.75) is 18.9 Å². The van der Waals surface area contributed by atoms with Crippen molar-refractivity contribution in [1.82, 2.24) is 5.32 Å². The van der Waals surface area contributed by atoms with Crippen LogP contribution >= 0.6 is 0 Å². The monoisotopic (exact) mass is 220 g/mol. The lowest BCUT2D eigenvalue weighted by atomic mass is 10.1. The van der Waals surface area contributed by atoms with Crippen molar-refractivity contribution in [2.75, 3.05) is 13.1 Å². The maximum Gasteiger partial charge on any atom is 0.144 e. The lowest BCUT2D eigenvalue weighted by Gasteiger charge is -2.24. The van der Waals surface area contributed by atoms with E-state index in [4.69, 9.17) is 10.00 Å². The van der Waals surface area contributed by atoms with E-state index >= 15 is 0 Å². The third-order valence-electron chi connectivity index (χ3n) is 2.63. The van der Waals surface area contributed by atoms with Crippen molar-refractivity contribution in [2.24, 2.45) is 0 Å². The van der Waals surface area contributed by atoms with Gasteiger partial charge in [-0.05, 0) is 31.5 Å². The van der Waals surface area contributed by atoms with Crippen LogP contribution in [0.4, 0.5) is 4.39 Å². The third-order valence-corrected chi connectivity index (χ3v) is 2.63. The van der Waals surface area contributed by atoms with E-state index in [-0.39, 0.29) is 11.7 Å². The Bertz CT molecular complexity index is 408. The minimum Gasteiger partial charge on any atom is -0.488 e. The van der Waals surface area contributed by atoms with Gasteiger partial charge in [0.25, 0.3) is 0 Å². The molecule has 0 spiro atoms. The van der Waals surface area contributed by atoms with Crippen LogP contribution in [0.2, 0.25) is 0 Å². The number of hydrogen-bond acceptors (Lipinski definition) is 3. The van der Waals surface area contributed by atoms with Gasteiger partial charge >= 0.3 is 0 Å². The molecule has 3 nitrogen and oxygen atoms in total. The lowest BCUT2D eigenvalue weighted by Crippen LogP contribution is -2.37. The summed E-state index contributed by atoms with van der Waals surface area (Å²) in [5.41, 5.74) is -0.00641. The van der Waals surface area contributed by atoms with E-state index in [0.717, 1.165) is 25.9 Å². The van der Waals surface area contributed by atoms with Crippen LogP contribution in [0.15, 0.2) is 18.2 Å². The quantitative estimate of drug-likeness (QED) is 0.827. The largest absolute Gasteiger partial charge is 0.488 e. The summed E-state index contributed by atoms with van der Waals surface area (Å²) in [5.74, 6) is -0.181. The molecule has 1 heterocycles. The second-order valence-electron chi connectivity index (χ2n) is 3.81. The second kappa shape index (κ2) is 4.95. The van der Waals surface area contributed by atoms with E-state index in [0.29, 0.717) is 5.75 Å². The van der Waals surface area contributed by atoms with Crippen LogP contribution < -0.4 is 10.1 Å². The van der Waals surface area contributed by atoms with E-state index in [9.17, 15) is 4.39 Å². The van der Waals surface area contributed by atoms with Crippen LogP contribution in [0.1, 0.15) is 18.4 Å². The van der Waals surface area contributed by atoms with Gasteiger partial charge in [0, 0.05) is 6.54 Å². The van der Waals surface area contributed by atoms with Gasteiger partial charge in [-0.15, -0.1) is 0 Å². The molecule has 0 saturated carbocycles. The third kappa shape index (κ3) is 2.31. The Hall–Kier alpha value is -1.60. The summed E-state index contributed by atoms with van der Waals surface area (Å²) in [7, 11) is 0. The van der Waals surface area contributed by atoms with Gasteiger partial charge in [-0.3, -0.25) is 0 Å². The van der Waals surface area contributed by atoms with Crippen LogP contribution in [0.3, 0.4) is 0 Å². The standard InChI is InChI=1S/C12H13FN2O/c13-11-4-1-5-12(10(11)7-14)16-9-3-2-6-15-8-9/h1,4-5,9,15H,2-3,6,8H2. The molecule has 2 rings (SSSR count). The molecular weight excluding hydrogens is 207 g/mol. The maximum atomic E-state index is 13.3. The average Bonchev–Trinajstić information content (AvgIpc) is 2.31. The number of nitriles is 1. The van der Waals surface area contributed by atoms with Gasteiger partial charge in [-0.2, -0.15) is 5.26 Å². The molecule has 1 aromatic rings. The molecule has 0 amide bonds. The Morgan fingerprint density at radius 3 is 3.06 bits per heavy atom. The topological polar surface area (TPSA) is 45.0 Å². The number of ether oxygens (including phenoxy) is 1. The number of nitrogens with one attached hydrogen (secondary N) is 1. The molecule has 1 aromatic carbocycles. The number of rotatable bonds is 2. The number of nitrogens with zero attached hydrogens (tertiary/aromatic N) is 1. The van der Waals surface area contributed by atoms with Crippen LogP contribution in [0.25, 0.3) is 0 Å². The predicted octanol–water partition coefficient (Wildman–Crippen LogP) is 1.83. The smallest absolute Gasteiger partial charge is 0.144 e. The van der Waals surface area contributed by atoms with Crippen molar-refractivity contribution >= 4 is 0 Å². The molecule has 1 aliphatic heterocycles. The molecule has 1 unspecified atom stereocenters. The molecule has 0 radical (unpaired) electrons. The van der Waals surface area contributed by atoms with Crippen molar-refractivity contribution in [1.29, 1.82) is 5.26 Å². The molecule has 0 aliphatic carbocycles. The van der Waals surface area contributed by atoms with Crippen LogP contribution in [-0.4, -0.2) is 19.2 Å². The Kier molecular flexibility index (Phi) is 3.37. The summed E-state index contributed by atoms with van der Waals surface area (Å²) in [5, 5.41) is 12.0. The minimum absolute atomic E-state index is 0.00641. The highest BCUT2D eigenvalue weighted by Crippen LogP contribution is 2.22. The van der Waals surface area contributed by atoms with Gasteiger partial charge in [0.2, 0.25) is 0 Å².